The molecule has 0 aliphatic rings. The normalized spacial score (nSPS) is 12.0. The van der Waals surface area contributed by atoms with Gasteiger partial charge in [0.1, 0.15) is 5.65 Å². The largest absolute Gasteiger partial charge is 0.346 e. The van der Waals surface area contributed by atoms with Gasteiger partial charge in [0.2, 0.25) is 0 Å². The zero-order chi connectivity index (χ0) is 14.9. The van der Waals surface area contributed by atoms with Gasteiger partial charge in [-0.2, -0.15) is 5.10 Å². The fraction of sp³-hybridized carbons (Fsp3) is 0.286. The minimum atomic E-state index is -3.28. The molecule has 0 atom stereocenters. The first-order chi connectivity index (χ1) is 10.1. The van der Waals surface area contributed by atoms with E-state index < -0.39 is 9.84 Å². The van der Waals surface area contributed by atoms with E-state index in [0.29, 0.717) is 12.1 Å². The van der Waals surface area contributed by atoms with Crippen molar-refractivity contribution in [3.63, 3.8) is 0 Å². The van der Waals surface area contributed by atoms with Crippen molar-refractivity contribution in [2.45, 2.75) is 24.7 Å². The number of nitrogens with one attached hydrogen (secondary N) is 2. The topological polar surface area (TPSA) is 91.5 Å². The van der Waals surface area contributed by atoms with Crippen LogP contribution in [0.4, 0.5) is 0 Å². The summed E-state index contributed by atoms with van der Waals surface area (Å²) in [6.07, 6.45) is 8.19. The molecule has 0 unspecified atom stereocenters. The maximum absolute atomic E-state index is 12.3. The van der Waals surface area contributed by atoms with Crippen LogP contribution >= 0.6 is 0 Å². The van der Waals surface area contributed by atoms with Crippen molar-refractivity contribution in [2.24, 2.45) is 0 Å². The lowest BCUT2D eigenvalue weighted by Crippen LogP contribution is -2.06. The quantitative estimate of drug-likeness (QED) is 0.757. The second-order valence-corrected chi connectivity index (χ2v) is 7.04. The summed E-state index contributed by atoms with van der Waals surface area (Å²) >= 11 is 0. The predicted octanol–water partition coefficient (Wildman–Crippen LogP) is 2.53. The maximum atomic E-state index is 12.3. The number of hydrogen-bond donors (Lipinski definition) is 2. The number of aromatic amines is 2. The number of unbranched alkanes of at least 4 members (excludes halogenated alkanes) is 1. The number of fused-ring (bicyclic) bond motifs is 1. The average Bonchev–Trinajstić information content (AvgIpc) is 3.12. The third kappa shape index (κ3) is 2.56. The lowest BCUT2D eigenvalue weighted by molar-refractivity contribution is 0.592. The number of nitrogens with zero attached hydrogens (tertiary/aromatic N) is 2. The summed E-state index contributed by atoms with van der Waals surface area (Å²) in [5.74, 6) is 0.155. The van der Waals surface area contributed by atoms with Crippen LogP contribution in [-0.2, 0) is 9.84 Å². The van der Waals surface area contributed by atoms with Gasteiger partial charge in [-0.3, -0.25) is 5.10 Å². The summed E-state index contributed by atoms with van der Waals surface area (Å²) < 4.78 is 24.6. The van der Waals surface area contributed by atoms with E-state index >= 15 is 0 Å². The van der Waals surface area contributed by atoms with Crippen molar-refractivity contribution in [3.05, 3.63) is 30.9 Å². The molecular formula is C14H16N4O2S. The second kappa shape index (κ2) is 5.33. The van der Waals surface area contributed by atoms with Crippen LogP contribution in [0, 0.1) is 0 Å². The van der Waals surface area contributed by atoms with Gasteiger partial charge in [0.25, 0.3) is 0 Å². The molecule has 6 nitrogen and oxygen atoms in total. The summed E-state index contributed by atoms with van der Waals surface area (Å²) in [5, 5.41) is 7.46. The van der Waals surface area contributed by atoms with Gasteiger partial charge in [-0.25, -0.2) is 13.4 Å². The first-order valence-electron chi connectivity index (χ1n) is 6.81. The third-order valence-electron chi connectivity index (χ3n) is 3.44. The van der Waals surface area contributed by atoms with Crippen molar-refractivity contribution in [2.75, 3.05) is 5.75 Å². The maximum Gasteiger partial charge on any atom is 0.179 e. The predicted molar refractivity (Wildman–Crippen MR) is 80.6 cm³/mol. The Morgan fingerprint density at radius 1 is 1.24 bits per heavy atom. The molecule has 3 aromatic heterocycles. The Balaban J connectivity index is 2.09. The van der Waals surface area contributed by atoms with Crippen molar-refractivity contribution in [1.82, 2.24) is 20.2 Å². The SMILES string of the molecule is CCCCS(=O)(=O)c1cnc2[nH]cc(-c3cn[nH]c3)c2c1. The molecule has 0 bridgehead atoms. The van der Waals surface area contributed by atoms with Crippen LogP contribution in [0.3, 0.4) is 0 Å². The molecule has 0 aromatic carbocycles. The average molecular weight is 304 g/mol. The first-order valence-corrected chi connectivity index (χ1v) is 8.46. The van der Waals surface area contributed by atoms with Crippen LogP contribution in [0.2, 0.25) is 0 Å². The molecule has 3 aromatic rings. The van der Waals surface area contributed by atoms with Crippen LogP contribution in [0.1, 0.15) is 19.8 Å². The Labute approximate surface area is 122 Å². The van der Waals surface area contributed by atoms with Gasteiger partial charge in [-0.15, -0.1) is 0 Å². The number of rotatable bonds is 5. The smallest absolute Gasteiger partial charge is 0.179 e. The molecule has 0 saturated heterocycles. The van der Waals surface area contributed by atoms with E-state index in [0.717, 1.165) is 22.9 Å². The molecule has 0 spiro atoms. The molecule has 110 valence electrons. The van der Waals surface area contributed by atoms with Crippen molar-refractivity contribution < 1.29 is 8.42 Å². The second-order valence-electron chi connectivity index (χ2n) is 4.93. The molecule has 21 heavy (non-hydrogen) atoms. The fourth-order valence-corrected chi connectivity index (χ4v) is 3.66. The minimum absolute atomic E-state index is 0.155. The number of pyridine rings is 1. The fourth-order valence-electron chi connectivity index (χ4n) is 2.24. The molecule has 0 radical (unpaired) electrons. The molecule has 0 aliphatic heterocycles. The number of sulfone groups is 1. The van der Waals surface area contributed by atoms with Crippen LogP contribution < -0.4 is 0 Å². The van der Waals surface area contributed by atoms with E-state index in [9.17, 15) is 8.42 Å². The van der Waals surface area contributed by atoms with E-state index in [-0.39, 0.29) is 10.6 Å². The highest BCUT2D eigenvalue weighted by Gasteiger charge is 2.17. The first kappa shape index (κ1) is 13.8. The Morgan fingerprint density at radius 2 is 2.10 bits per heavy atom. The van der Waals surface area contributed by atoms with Gasteiger partial charge in [-0.1, -0.05) is 13.3 Å². The molecule has 3 rings (SSSR count). The summed E-state index contributed by atoms with van der Waals surface area (Å²) in [6, 6.07) is 1.69. The monoisotopic (exact) mass is 304 g/mol. The standard InChI is InChI=1S/C14H16N4O2S/c1-2-3-4-21(19,20)11-5-12-13(10-6-17-18-7-10)9-16-14(12)15-8-11/h5-9H,2-4H2,1H3,(H,15,16)(H,17,18). The Bertz CT molecular complexity index is 850. The third-order valence-corrected chi connectivity index (χ3v) is 5.21. The molecule has 2 N–H and O–H groups in total. The van der Waals surface area contributed by atoms with Crippen molar-refractivity contribution in [1.29, 1.82) is 0 Å². The van der Waals surface area contributed by atoms with Gasteiger partial charge in [0.15, 0.2) is 9.84 Å². The number of hydrogen-bond acceptors (Lipinski definition) is 4. The summed E-state index contributed by atoms with van der Waals surface area (Å²) in [7, 11) is -3.28. The highest BCUT2D eigenvalue weighted by molar-refractivity contribution is 7.91. The molecule has 0 fully saturated rings. The molecule has 0 aliphatic carbocycles. The molecular weight excluding hydrogens is 288 g/mol. The van der Waals surface area contributed by atoms with E-state index in [1.165, 1.54) is 6.20 Å². The van der Waals surface area contributed by atoms with Crippen LogP contribution in [0.15, 0.2) is 35.7 Å². The number of H-pyrrole nitrogens is 2. The van der Waals surface area contributed by atoms with Crippen molar-refractivity contribution in [3.8, 4) is 11.1 Å². The van der Waals surface area contributed by atoms with Gasteiger partial charge in [0.05, 0.1) is 16.8 Å². The van der Waals surface area contributed by atoms with Gasteiger partial charge >= 0.3 is 0 Å². The molecule has 3 heterocycles. The molecule has 0 amide bonds. The van der Waals surface area contributed by atoms with Crippen LogP contribution in [-0.4, -0.2) is 34.3 Å². The lowest BCUT2D eigenvalue weighted by Gasteiger charge is -2.04. The number of aromatic nitrogens is 4. The van der Waals surface area contributed by atoms with Crippen LogP contribution in [0.25, 0.3) is 22.2 Å². The van der Waals surface area contributed by atoms with Gasteiger partial charge < -0.3 is 4.98 Å². The lowest BCUT2D eigenvalue weighted by atomic mass is 10.1. The Kier molecular flexibility index (Phi) is 3.50. The Hall–Kier alpha value is -2.15. The van der Waals surface area contributed by atoms with E-state index in [4.69, 9.17) is 0 Å². The van der Waals surface area contributed by atoms with Gasteiger partial charge in [0, 0.05) is 35.1 Å². The zero-order valence-corrected chi connectivity index (χ0v) is 12.4. The molecule has 7 heteroatoms. The summed E-state index contributed by atoms with van der Waals surface area (Å²) in [6.45, 7) is 1.97. The highest BCUT2D eigenvalue weighted by Crippen LogP contribution is 2.28. The minimum Gasteiger partial charge on any atom is -0.346 e. The van der Waals surface area contributed by atoms with E-state index in [2.05, 4.69) is 20.2 Å². The summed E-state index contributed by atoms with van der Waals surface area (Å²) in [5.41, 5.74) is 2.45. The van der Waals surface area contributed by atoms with Crippen LogP contribution in [0.5, 0.6) is 0 Å². The summed E-state index contributed by atoms with van der Waals surface area (Å²) in [4.78, 5) is 7.54. The Morgan fingerprint density at radius 3 is 2.81 bits per heavy atom. The van der Waals surface area contributed by atoms with E-state index in [1.807, 2.05) is 13.1 Å². The van der Waals surface area contributed by atoms with Crippen molar-refractivity contribution >= 4 is 20.9 Å². The zero-order valence-electron chi connectivity index (χ0n) is 11.6. The highest BCUT2D eigenvalue weighted by atomic mass is 32.2. The molecule has 0 saturated carbocycles. The van der Waals surface area contributed by atoms with Gasteiger partial charge in [-0.05, 0) is 12.5 Å². The van der Waals surface area contributed by atoms with E-state index in [1.54, 1.807) is 18.5 Å².